The Bertz CT molecular complexity index is 529. The Kier molecular flexibility index (Phi) is 5.20. The molecular weight excluding hydrogens is 262 g/mol. The fourth-order valence-electron chi connectivity index (χ4n) is 1.99. The molecule has 108 valence electrons. The second-order valence-corrected chi connectivity index (χ2v) is 6.56. The molecule has 0 saturated carbocycles. The minimum absolute atomic E-state index is 0.188. The van der Waals surface area contributed by atoms with Gasteiger partial charge in [-0.25, -0.2) is 13.1 Å². The summed E-state index contributed by atoms with van der Waals surface area (Å²) in [5, 5.41) is 0. The summed E-state index contributed by atoms with van der Waals surface area (Å²) in [7, 11) is -0.0878. The van der Waals surface area contributed by atoms with Crippen LogP contribution < -0.4 is 15.4 Å². The van der Waals surface area contributed by atoms with Crippen molar-refractivity contribution in [2.75, 3.05) is 24.7 Å². The summed E-state index contributed by atoms with van der Waals surface area (Å²) < 4.78 is 25.7. The maximum Gasteiger partial charge on any atom is 0.240 e. The molecule has 0 aliphatic rings. The van der Waals surface area contributed by atoms with Crippen LogP contribution in [0, 0.1) is 0 Å². The predicted molar refractivity (Wildman–Crippen MR) is 79.9 cm³/mol. The number of nitrogens with two attached hydrogens (primary N) is 1. The van der Waals surface area contributed by atoms with Crippen molar-refractivity contribution in [1.29, 1.82) is 0 Å². The quantitative estimate of drug-likeness (QED) is 0.782. The van der Waals surface area contributed by atoms with Gasteiger partial charge in [-0.2, -0.15) is 0 Å². The molecule has 0 saturated heterocycles. The van der Waals surface area contributed by atoms with Gasteiger partial charge in [0, 0.05) is 13.1 Å². The van der Waals surface area contributed by atoms with Crippen molar-refractivity contribution < 1.29 is 8.42 Å². The second-order valence-electron chi connectivity index (χ2n) is 4.68. The van der Waals surface area contributed by atoms with E-state index in [1.807, 2.05) is 7.05 Å². The Morgan fingerprint density at radius 2 is 2.05 bits per heavy atom. The lowest BCUT2D eigenvalue weighted by Gasteiger charge is -2.28. The van der Waals surface area contributed by atoms with Gasteiger partial charge in [-0.3, -0.25) is 0 Å². The van der Waals surface area contributed by atoms with Crippen LogP contribution in [0.15, 0.2) is 23.1 Å². The largest absolute Gasteiger partial charge is 0.397 e. The monoisotopic (exact) mass is 285 g/mol. The molecule has 0 spiro atoms. The third-order valence-electron chi connectivity index (χ3n) is 3.33. The molecule has 0 bridgehead atoms. The maximum atomic E-state index is 11.7. The van der Waals surface area contributed by atoms with Gasteiger partial charge >= 0.3 is 0 Å². The van der Waals surface area contributed by atoms with Gasteiger partial charge in [0.25, 0.3) is 0 Å². The molecule has 0 fully saturated rings. The molecule has 5 nitrogen and oxygen atoms in total. The van der Waals surface area contributed by atoms with Crippen LogP contribution in [0.3, 0.4) is 0 Å². The number of nitrogens with one attached hydrogen (secondary N) is 1. The lowest BCUT2D eigenvalue weighted by molar-refractivity contribution is 0.588. The summed E-state index contributed by atoms with van der Waals surface area (Å²) in [5.41, 5.74) is 7.31. The smallest absolute Gasteiger partial charge is 0.240 e. The first-order chi connectivity index (χ1) is 8.83. The van der Waals surface area contributed by atoms with Gasteiger partial charge in [-0.1, -0.05) is 13.3 Å². The summed E-state index contributed by atoms with van der Waals surface area (Å²) in [5.74, 6) is 0. The summed E-state index contributed by atoms with van der Waals surface area (Å²) in [6, 6.07) is 5.19. The summed E-state index contributed by atoms with van der Waals surface area (Å²) in [6.07, 6.45) is 2.16. The van der Waals surface area contributed by atoms with Crippen molar-refractivity contribution in [2.24, 2.45) is 0 Å². The van der Waals surface area contributed by atoms with E-state index in [4.69, 9.17) is 5.73 Å². The van der Waals surface area contributed by atoms with E-state index in [1.165, 1.54) is 13.1 Å². The normalized spacial score (nSPS) is 13.3. The number of sulfonamides is 1. The third-order valence-corrected chi connectivity index (χ3v) is 4.74. The first kappa shape index (κ1) is 15.8. The third kappa shape index (κ3) is 3.61. The molecule has 0 amide bonds. The fourth-order valence-corrected chi connectivity index (χ4v) is 2.75. The first-order valence-electron chi connectivity index (χ1n) is 6.39. The van der Waals surface area contributed by atoms with Crippen LogP contribution in [0.1, 0.15) is 26.7 Å². The molecule has 0 aromatic heterocycles. The summed E-state index contributed by atoms with van der Waals surface area (Å²) >= 11 is 0. The van der Waals surface area contributed by atoms with Gasteiger partial charge in [0.1, 0.15) is 0 Å². The van der Waals surface area contributed by atoms with Gasteiger partial charge in [0.2, 0.25) is 10.0 Å². The summed E-state index contributed by atoms with van der Waals surface area (Å²) in [6.45, 7) is 4.26. The molecule has 0 heterocycles. The number of anilines is 2. The average molecular weight is 285 g/mol. The maximum absolute atomic E-state index is 11.7. The molecule has 1 aromatic carbocycles. The minimum Gasteiger partial charge on any atom is -0.397 e. The summed E-state index contributed by atoms with van der Waals surface area (Å²) in [4.78, 5) is 2.27. The Morgan fingerprint density at radius 3 is 2.53 bits per heavy atom. The lowest BCUT2D eigenvalue weighted by Crippen LogP contribution is -2.29. The van der Waals surface area contributed by atoms with Crippen LogP contribution in [0.2, 0.25) is 0 Å². The van der Waals surface area contributed by atoms with E-state index in [9.17, 15) is 8.42 Å². The molecule has 0 radical (unpaired) electrons. The molecule has 6 heteroatoms. The van der Waals surface area contributed by atoms with E-state index >= 15 is 0 Å². The van der Waals surface area contributed by atoms with Gasteiger partial charge < -0.3 is 10.6 Å². The zero-order valence-corrected chi connectivity index (χ0v) is 12.8. The van der Waals surface area contributed by atoms with Crippen LogP contribution >= 0.6 is 0 Å². The highest BCUT2D eigenvalue weighted by Gasteiger charge is 2.16. The molecule has 0 aliphatic heterocycles. The van der Waals surface area contributed by atoms with Crippen molar-refractivity contribution in [2.45, 2.75) is 37.6 Å². The van der Waals surface area contributed by atoms with Gasteiger partial charge in [-0.05, 0) is 38.6 Å². The Hall–Kier alpha value is -1.27. The van der Waals surface area contributed by atoms with E-state index in [0.29, 0.717) is 11.7 Å². The molecule has 1 rings (SSSR count). The van der Waals surface area contributed by atoms with Crippen molar-refractivity contribution in [3.63, 3.8) is 0 Å². The lowest BCUT2D eigenvalue weighted by atomic mass is 10.1. The van der Waals surface area contributed by atoms with Crippen molar-refractivity contribution in [3.8, 4) is 0 Å². The Morgan fingerprint density at radius 1 is 1.42 bits per heavy atom. The number of hydrogen-bond acceptors (Lipinski definition) is 4. The molecule has 1 atom stereocenters. The van der Waals surface area contributed by atoms with Crippen LogP contribution in [0.4, 0.5) is 11.4 Å². The van der Waals surface area contributed by atoms with Crippen molar-refractivity contribution in [1.82, 2.24) is 4.72 Å². The average Bonchev–Trinajstić information content (AvgIpc) is 2.38. The van der Waals surface area contributed by atoms with Crippen LogP contribution in [0.5, 0.6) is 0 Å². The number of rotatable bonds is 6. The van der Waals surface area contributed by atoms with E-state index in [1.54, 1.807) is 12.1 Å². The number of hydrogen-bond donors (Lipinski definition) is 2. The zero-order chi connectivity index (χ0) is 14.6. The highest BCUT2D eigenvalue weighted by molar-refractivity contribution is 7.89. The highest BCUT2D eigenvalue weighted by atomic mass is 32.2. The SMILES string of the molecule is CCCC(C)N(C)c1ccc(S(=O)(=O)NC)cc1N. The van der Waals surface area contributed by atoms with E-state index in [0.717, 1.165) is 18.5 Å². The van der Waals surface area contributed by atoms with E-state index < -0.39 is 10.0 Å². The minimum atomic E-state index is -3.44. The number of benzene rings is 1. The molecule has 1 unspecified atom stereocenters. The topological polar surface area (TPSA) is 75.4 Å². The molecule has 1 aromatic rings. The van der Waals surface area contributed by atoms with Gasteiger partial charge in [0.15, 0.2) is 0 Å². The molecule has 19 heavy (non-hydrogen) atoms. The number of nitrogens with zero attached hydrogens (tertiary/aromatic N) is 1. The van der Waals surface area contributed by atoms with Crippen LogP contribution in [-0.4, -0.2) is 28.6 Å². The van der Waals surface area contributed by atoms with Crippen LogP contribution in [-0.2, 0) is 10.0 Å². The van der Waals surface area contributed by atoms with Gasteiger partial charge in [0.05, 0.1) is 16.3 Å². The Labute approximate surface area is 115 Å². The number of nitrogen functional groups attached to an aromatic ring is 1. The first-order valence-corrected chi connectivity index (χ1v) is 7.87. The van der Waals surface area contributed by atoms with Gasteiger partial charge in [-0.15, -0.1) is 0 Å². The fraction of sp³-hybridized carbons (Fsp3) is 0.538. The predicted octanol–water partition coefficient (Wildman–Crippen LogP) is 1.80. The molecule has 3 N–H and O–H groups in total. The van der Waals surface area contributed by atoms with E-state index in [-0.39, 0.29) is 4.90 Å². The van der Waals surface area contributed by atoms with E-state index in [2.05, 4.69) is 23.5 Å². The second kappa shape index (κ2) is 6.25. The Balaban J connectivity index is 3.08. The standard InChI is InChI=1S/C13H23N3O2S/c1-5-6-10(2)16(4)13-8-7-11(9-12(13)14)19(17,18)15-3/h7-10,15H,5-6,14H2,1-4H3. The van der Waals surface area contributed by atoms with Crippen molar-refractivity contribution >= 4 is 21.4 Å². The molecular formula is C13H23N3O2S. The van der Waals surface area contributed by atoms with Crippen LogP contribution in [0.25, 0.3) is 0 Å². The zero-order valence-electron chi connectivity index (χ0n) is 12.0. The molecule has 0 aliphatic carbocycles. The van der Waals surface area contributed by atoms with Crippen molar-refractivity contribution in [3.05, 3.63) is 18.2 Å². The highest BCUT2D eigenvalue weighted by Crippen LogP contribution is 2.27.